The van der Waals surface area contributed by atoms with Crippen LogP contribution in [0.1, 0.15) is 46.1 Å². The minimum absolute atomic E-state index is 0.224. The summed E-state index contributed by atoms with van der Waals surface area (Å²) >= 11 is 0. The summed E-state index contributed by atoms with van der Waals surface area (Å²) in [7, 11) is 0. The molecule has 176 valence electrons. The van der Waals surface area contributed by atoms with Gasteiger partial charge in [-0.1, -0.05) is 25.1 Å². The van der Waals surface area contributed by atoms with Gasteiger partial charge in [0.05, 0.1) is 17.6 Å². The minimum Gasteiger partial charge on any atom is -0.460 e. The average molecular weight is 458 g/mol. The SMILES string of the molecule is CCC1(C(=O)NC(CC(=O)OC(C)(C)C)C(=O)CF)C=C(c2ccnc3ccccc23)NO1. The Labute approximate surface area is 191 Å². The van der Waals surface area contributed by atoms with Gasteiger partial charge in [-0.05, 0) is 45.4 Å². The van der Waals surface area contributed by atoms with Gasteiger partial charge in [0, 0.05) is 17.1 Å². The molecule has 0 saturated carbocycles. The number of esters is 1. The van der Waals surface area contributed by atoms with Gasteiger partial charge in [-0.25, -0.2) is 4.39 Å². The zero-order valence-corrected chi connectivity index (χ0v) is 19.1. The van der Waals surface area contributed by atoms with Crippen molar-refractivity contribution in [2.75, 3.05) is 6.67 Å². The van der Waals surface area contributed by atoms with Crippen LogP contribution in [0.5, 0.6) is 0 Å². The third-order valence-electron chi connectivity index (χ3n) is 5.19. The van der Waals surface area contributed by atoms with Crippen molar-refractivity contribution in [1.82, 2.24) is 15.8 Å². The number of benzene rings is 1. The van der Waals surface area contributed by atoms with E-state index in [0.29, 0.717) is 5.70 Å². The first kappa shape index (κ1) is 24.3. The van der Waals surface area contributed by atoms with Gasteiger partial charge in [0.2, 0.25) is 0 Å². The van der Waals surface area contributed by atoms with E-state index < -0.39 is 48.0 Å². The minimum atomic E-state index is -1.46. The van der Waals surface area contributed by atoms with Crippen LogP contribution in [-0.2, 0) is 24.0 Å². The van der Waals surface area contributed by atoms with E-state index in [2.05, 4.69) is 15.8 Å². The first-order valence-corrected chi connectivity index (χ1v) is 10.7. The van der Waals surface area contributed by atoms with E-state index in [-0.39, 0.29) is 6.42 Å². The molecule has 0 bridgehead atoms. The number of hydrogen-bond acceptors (Lipinski definition) is 7. The van der Waals surface area contributed by atoms with E-state index in [4.69, 9.17) is 9.57 Å². The summed E-state index contributed by atoms with van der Waals surface area (Å²) in [5, 5.41) is 3.34. The molecule has 2 atom stereocenters. The molecule has 2 heterocycles. The third-order valence-corrected chi connectivity index (χ3v) is 5.19. The molecule has 2 aromatic rings. The Bertz CT molecular complexity index is 1090. The lowest BCUT2D eigenvalue weighted by atomic mass is 9.95. The largest absolute Gasteiger partial charge is 0.460 e. The monoisotopic (exact) mass is 457 g/mol. The fraction of sp³-hybridized carbons (Fsp3) is 0.417. The molecule has 8 nitrogen and oxygen atoms in total. The first-order chi connectivity index (χ1) is 15.6. The predicted molar refractivity (Wildman–Crippen MR) is 120 cm³/mol. The average Bonchev–Trinajstić information content (AvgIpc) is 3.22. The number of nitrogens with zero attached hydrogens (tertiary/aromatic N) is 1. The maximum absolute atomic E-state index is 13.2. The number of carbonyl (C=O) groups excluding carboxylic acids is 3. The van der Waals surface area contributed by atoms with Gasteiger partial charge in [-0.2, -0.15) is 0 Å². The van der Waals surface area contributed by atoms with Gasteiger partial charge in [0.15, 0.2) is 11.4 Å². The van der Waals surface area contributed by atoms with Gasteiger partial charge >= 0.3 is 5.97 Å². The van der Waals surface area contributed by atoms with Gasteiger partial charge in [-0.15, -0.1) is 0 Å². The second kappa shape index (κ2) is 9.66. The first-order valence-electron chi connectivity index (χ1n) is 10.7. The van der Waals surface area contributed by atoms with Crippen LogP contribution in [0.3, 0.4) is 0 Å². The van der Waals surface area contributed by atoms with Crippen LogP contribution in [0.15, 0.2) is 42.6 Å². The molecule has 0 radical (unpaired) electrons. The molecule has 1 aliphatic heterocycles. The number of ether oxygens (including phenoxy) is 1. The number of nitrogens with one attached hydrogen (secondary N) is 2. The maximum atomic E-state index is 13.2. The Hall–Kier alpha value is -3.33. The molecular formula is C24H28FN3O5. The van der Waals surface area contributed by atoms with Crippen molar-refractivity contribution in [3.63, 3.8) is 0 Å². The number of alkyl halides is 1. The van der Waals surface area contributed by atoms with E-state index in [1.165, 1.54) is 0 Å². The Morgan fingerprint density at radius 2 is 1.97 bits per heavy atom. The fourth-order valence-corrected chi connectivity index (χ4v) is 3.52. The third kappa shape index (κ3) is 5.54. The Morgan fingerprint density at radius 1 is 1.24 bits per heavy atom. The summed E-state index contributed by atoms with van der Waals surface area (Å²) in [6.45, 7) is 5.44. The van der Waals surface area contributed by atoms with Crippen molar-refractivity contribution in [3.8, 4) is 0 Å². The van der Waals surface area contributed by atoms with Crippen molar-refractivity contribution < 1.29 is 28.3 Å². The predicted octanol–water partition coefficient (Wildman–Crippen LogP) is 3.01. The van der Waals surface area contributed by atoms with E-state index in [1.807, 2.05) is 24.3 Å². The van der Waals surface area contributed by atoms with Crippen LogP contribution >= 0.6 is 0 Å². The lowest BCUT2D eigenvalue weighted by Crippen LogP contribution is -2.53. The summed E-state index contributed by atoms with van der Waals surface area (Å²) in [4.78, 5) is 47.5. The molecule has 2 N–H and O–H groups in total. The summed E-state index contributed by atoms with van der Waals surface area (Å²) in [6, 6.07) is 7.97. The molecule has 9 heteroatoms. The van der Waals surface area contributed by atoms with Gasteiger partial charge in [0.1, 0.15) is 18.3 Å². The number of para-hydroxylation sites is 1. The van der Waals surface area contributed by atoms with E-state index in [0.717, 1.165) is 16.5 Å². The van der Waals surface area contributed by atoms with Gasteiger partial charge in [0.25, 0.3) is 5.91 Å². The highest BCUT2D eigenvalue weighted by atomic mass is 19.1. The standard InChI is InChI=1S/C24H28FN3O5/c1-5-24(22(31)27-18(20(29)14-25)12-21(30)32-23(2,3)4)13-19(28-33-24)16-10-11-26-17-9-7-6-8-15(16)17/h6-11,13,18,28H,5,12,14H2,1-4H3,(H,27,31). The summed E-state index contributed by atoms with van der Waals surface area (Å²) in [5.41, 5.74) is 2.69. The van der Waals surface area contributed by atoms with Crippen molar-refractivity contribution in [2.24, 2.45) is 0 Å². The summed E-state index contributed by atoms with van der Waals surface area (Å²) in [5.74, 6) is -2.30. The number of aromatic nitrogens is 1. The molecular weight excluding hydrogens is 429 g/mol. The molecule has 0 fully saturated rings. The van der Waals surface area contributed by atoms with Crippen LogP contribution in [0.4, 0.5) is 4.39 Å². The molecule has 2 unspecified atom stereocenters. The number of amides is 1. The summed E-state index contributed by atoms with van der Waals surface area (Å²) < 4.78 is 18.4. The zero-order chi connectivity index (χ0) is 24.2. The molecule has 3 rings (SSSR count). The van der Waals surface area contributed by atoms with Crippen LogP contribution < -0.4 is 10.8 Å². The number of pyridine rings is 1. The normalized spacial score (nSPS) is 18.9. The lowest BCUT2D eigenvalue weighted by Gasteiger charge is -2.26. The molecule has 0 aliphatic carbocycles. The number of hydrogen-bond donors (Lipinski definition) is 2. The summed E-state index contributed by atoms with van der Waals surface area (Å²) in [6.07, 6.45) is 3.02. The fourth-order valence-electron chi connectivity index (χ4n) is 3.52. The van der Waals surface area contributed by atoms with Crippen LogP contribution in [0, 0.1) is 0 Å². The van der Waals surface area contributed by atoms with Gasteiger partial charge < -0.3 is 10.1 Å². The second-order valence-electron chi connectivity index (χ2n) is 8.80. The van der Waals surface area contributed by atoms with E-state index in [1.54, 1.807) is 46.0 Å². The van der Waals surface area contributed by atoms with Crippen molar-refractivity contribution in [1.29, 1.82) is 0 Å². The number of Topliss-reactive ketones (excluding diaryl/α,β-unsaturated/α-hetero) is 1. The van der Waals surface area contributed by atoms with E-state index in [9.17, 15) is 18.8 Å². The number of rotatable bonds is 8. The molecule has 1 aromatic heterocycles. The molecule has 1 aromatic carbocycles. The zero-order valence-electron chi connectivity index (χ0n) is 19.1. The number of ketones is 1. The number of carbonyl (C=O) groups is 3. The van der Waals surface area contributed by atoms with Gasteiger partial charge in [-0.3, -0.25) is 29.7 Å². The second-order valence-corrected chi connectivity index (χ2v) is 8.80. The molecule has 33 heavy (non-hydrogen) atoms. The topological polar surface area (TPSA) is 107 Å². The lowest BCUT2D eigenvalue weighted by molar-refractivity contribution is -0.157. The highest BCUT2D eigenvalue weighted by molar-refractivity contribution is 5.98. The number of fused-ring (bicyclic) bond motifs is 1. The molecule has 0 spiro atoms. The Morgan fingerprint density at radius 3 is 2.64 bits per heavy atom. The Kier molecular flexibility index (Phi) is 7.12. The maximum Gasteiger partial charge on any atom is 0.308 e. The molecule has 1 amide bonds. The van der Waals surface area contributed by atoms with Crippen LogP contribution in [-0.4, -0.2) is 46.6 Å². The molecule has 1 aliphatic rings. The van der Waals surface area contributed by atoms with Crippen LogP contribution in [0.25, 0.3) is 16.6 Å². The van der Waals surface area contributed by atoms with E-state index >= 15 is 0 Å². The highest BCUT2D eigenvalue weighted by Gasteiger charge is 2.43. The van der Waals surface area contributed by atoms with Crippen molar-refractivity contribution >= 4 is 34.3 Å². The quantitative estimate of drug-likeness (QED) is 0.587. The smallest absolute Gasteiger partial charge is 0.308 e. The highest BCUT2D eigenvalue weighted by Crippen LogP contribution is 2.32. The van der Waals surface area contributed by atoms with Crippen molar-refractivity contribution in [3.05, 3.63) is 48.2 Å². The number of halogens is 1. The van der Waals surface area contributed by atoms with Crippen LogP contribution in [0.2, 0.25) is 0 Å². The molecule has 0 saturated heterocycles. The number of hydroxylamine groups is 1. The van der Waals surface area contributed by atoms with Crippen molar-refractivity contribution in [2.45, 2.75) is 57.8 Å². The Balaban J connectivity index is 1.85.